The lowest BCUT2D eigenvalue weighted by molar-refractivity contribution is -0.0143. The van der Waals surface area contributed by atoms with Gasteiger partial charge in [-0.2, -0.15) is 0 Å². The summed E-state index contributed by atoms with van der Waals surface area (Å²) >= 11 is 0. The SMILES string of the molecule is CCCNC(COC(C)(C)C)Cc1ccoc1. The molecule has 0 radical (unpaired) electrons. The summed E-state index contributed by atoms with van der Waals surface area (Å²) in [7, 11) is 0. The molecule has 3 nitrogen and oxygen atoms in total. The first-order valence-corrected chi connectivity index (χ1v) is 6.39. The fourth-order valence-electron chi connectivity index (χ4n) is 1.58. The zero-order valence-electron chi connectivity index (χ0n) is 11.5. The van der Waals surface area contributed by atoms with Gasteiger partial charge in [-0.25, -0.2) is 0 Å². The number of furan rings is 1. The summed E-state index contributed by atoms with van der Waals surface area (Å²) in [5, 5.41) is 3.51. The molecule has 0 fully saturated rings. The second kappa shape index (κ2) is 6.82. The molecule has 0 aliphatic rings. The van der Waals surface area contributed by atoms with Crippen LogP contribution < -0.4 is 5.32 Å². The standard InChI is InChI=1S/C14H25NO2/c1-5-7-15-13(11-17-14(2,3)4)9-12-6-8-16-10-12/h6,8,10,13,15H,5,7,9,11H2,1-4H3. The van der Waals surface area contributed by atoms with Crippen molar-refractivity contribution in [2.75, 3.05) is 13.2 Å². The Kier molecular flexibility index (Phi) is 5.72. The van der Waals surface area contributed by atoms with Crippen molar-refractivity contribution in [1.82, 2.24) is 5.32 Å². The van der Waals surface area contributed by atoms with E-state index in [0.717, 1.165) is 26.0 Å². The Hall–Kier alpha value is -0.800. The van der Waals surface area contributed by atoms with Gasteiger partial charge in [0.15, 0.2) is 0 Å². The lowest BCUT2D eigenvalue weighted by atomic mass is 10.1. The molecule has 0 bridgehead atoms. The number of hydrogen-bond donors (Lipinski definition) is 1. The summed E-state index contributed by atoms with van der Waals surface area (Å²) in [6.45, 7) is 10.2. The van der Waals surface area contributed by atoms with E-state index >= 15 is 0 Å². The number of hydrogen-bond acceptors (Lipinski definition) is 3. The van der Waals surface area contributed by atoms with E-state index in [9.17, 15) is 0 Å². The van der Waals surface area contributed by atoms with Crippen molar-refractivity contribution in [3.63, 3.8) is 0 Å². The van der Waals surface area contributed by atoms with Crippen molar-refractivity contribution in [2.24, 2.45) is 0 Å². The van der Waals surface area contributed by atoms with Gasteiger partial charge in [-0.3, -0.25) is 0 Å². The zero-order chi connectivity index (χ0) is 12.7. The van der Waals surface area contributed by atoms with Crippen LogP contribution in [0.1, 0.15) is 39.7 Å². The molecule has 1 unspecified atom stereocenters. The summed E-state index contributed by atoms with van der Waals surface area (Å²) in [5.74, 6) is 0. The fourth-order valence-corrected chi connectivity index (χ4v) is 1.58. The molecule has 0 spiro atoms. The second-order valence-corrected chi connectivity index (χ2v) is 5.41. The predicted octanol–water partition coefficient (Wildman–Crippen LogP) is 3.01. The van der Waals surface area contributed by atoms with Crippen LogP contribution in [0.5, 0.6) is 0 Å². The first kappa shape index (κ1) is 14.3. The van der Waals surface area contributed by atoms with Gasteiger partial charge in [0.1, 0.15) is 0 Å². The van der Waals surface area contributed by atoms with Crippen LogP contribution in [0.25, 0.3) is 0 Å². The molecule has 98 valence electrons. The molecule has 0 aromatic carbocycles. The number of ether oxygens (including phenoxy) is 1. The smallest absolute Gasteiger partial charge is 0.0935 e. The molecule has 0 saturated heterocycles. The van der Waals surface area contributed by atoms with Gasteiger partial charge in [0.25, 0.3) is 0 Å². The van der Waals surface area contributed by atoms with Crippen molar-refractivity contribution in [1.29, 1.82) is 0 Å². The molecule has 0 amide bonds. The third kappa shape index (κ3) is 6.49. The van der Waals surface area contributed by atoms with Crippen LogP contribution in [-0.2, 0) is 11.2 Å². The van der Waals surface area contributed by atoms with Crippen LogP contribution in [0.4, 0.5) is 0 Å². The Morgan fingerprint density at radius 1 is 1.41 bits per heavy atom. The average molecular weight is 239 g/mol. The minimum absolute atomic E-state index is 0.0808. The lowest BCUT2D eigenvalue weighted by Gasteiger charge is -2.25. The first-order chi connectivity index (χ1) is 8.01. The van der Waals surface area contributed by atoms with Crippen LogP contribution in [0.15, 0.2) is 23.0 Å². The number of rotatable bonds is 7. The van der Waals surface area contributed by atoms with E-state index in [4.69, 9.17) is 9.15 Å². The maximum absolute atomic E-state index is 5.84. The van der Waals surface area contributed by atoms with Crippen molar-refractivity contribution in [2.45, 2.75) is 52.2 Å². The molecule has 1 aromatic heterocycles. The van der Waals surface area contributed by atoms with Gasteiger partial charge in [0.05, 0.1) is 24.7 Å². The van der Waals surface area contributed by atoms with Crippen LogP contribution in [0.3, 0.4) is 0 Å². The van der Waals surface area contributed by atoms with Crippen LogP contribution in [-0.4, -0.2) is 24.8 Å². The maximum atomic E-state index is 5.84. The molecule has 1 N–H and O–H groups in total. The van der Waals surface area contributed by atoms with Gasteiger partial charge >= 0.3 is 0 Å². The molecular formula is C14H25NO2. The molecule has 17 heavy (non-hydrogen) atoms. The average Bonchev–Trinajstić information content (AvgIpc) is 2.73. The molecule has 0 saturated carbocycles. The second-order valence-electron chi connectivity index (χ2n) is 5.41. The van der Waals surface area contributed by atoms with Crippen molar-refractivity contribution < 1.29 is 9.15 Å². The summed E-state index contributed by atoms with van der Waals surface area (Å²) < 4.78 is 10.9. The number of nitrogens with one attached hydrogen (secondary N) is 1. The summed E-state index contributed by atoms with van der Waals surface area (Å²) in [4.78, 5) is 0. The highest BCUT2D eigenvalue weighted by Crippen LogP contribution is 2.10. The first-order valence-electron chi connectivity index (χ1n) is 6.39. The maximum Gasteiger partial charge on any atom is 0.0935 e. The predicted molar refractivity (Wildman–Crippen MR) is 70.2 cm³/mol. The lowest BCUT2D eigenvalue weighted by Crippen LogP contribution is -2.38. The molecule has 0 aliphatic carbocycles. The van der Waals surface area contributed by atoms with Crippen LogP contribution in [0.2, 0.25) is 0 Å². The van der Waals surface area contributed by atoms with Gasteiger partial charge in [0, 0.05) is 6.04 Å². The van der Waals surface area contributed by atoms with Crippen LogP contribution >= 0.6 is 0 Å². The van der Waals surface area contributed by atoms with Gasteiger partial charge < -0.3 is 14.5 Å². The summed E-state index contributed by atoms with van der Waals surface area (Å²) in [6.07, 6.45) is 5.61. The molecule has 1 heterocycles. The highest BCUT2D eigenvalue weighted by molar-refractivity contribution is 5.07. The molecule has 3 heteroatoms. The van der Waals surface area contributed by atoms with Crippen molar-refractivity contribution >= 4 is 0 Å². The Morgan fingerprint density at radius 2 is 2.18 bits per heavy atom. The zero-order valence-corrected chi connectivity index (χ0v) is 11.5. The topological polar surface area (TPSA) is 34.4 Å². The molecule has 0 aliphatic heterocycles. The normalized spacial score (nSPS) is 13.9. The molecule has 1 rings (SSSR count). The largest absolute Gasteiger partial charge is 0.472 e. The van der Waals surface area contributed by atoms with E-state index in [1.807, 2.05) is 6.07 Å². The van der Waals surface area contributed by atoms with E-state index in [1.165, 1.54) is 5.56 Å². The molecular weight excluding hydrogens is 214 g/mol. The van der Waals surface area contributed by atoms with E-state index in [1.54, 1.807) is 12.5 Å². The highest BCUT2D eigenvalue weighted by atomic mass is 16.5. The monoisotopic (exact) mass is 239 g/mol. The van der Waals surface area contributed by atoms with Gasteiger partial charge in [-0.1, -0.05) is 6.92 Å². The van der Waals surface area contributed by atoms with E-state index < -0.39 is 0 Å². The highest BCUT2D eigenvalue weighted by Gasteiger charge is 2.15. The Bertz CT molecular complexity index is 288. The molecule has 1 atom stereocenters. The third-order valence-electron chi connectivity index (χ3n) is 2.46. The summed E-state index contributed by atoms with van der Waals surface area (Å²) in [5.41, 5.74) is 1.14. The Morgan fingerprint density at radius 3 is 2.71 bits per heavy atom. The van der Waals surface area contributed by atoms with E-state index in [0.29, 0.717) is 6.04 Å². The van der Waals surface area contributed by atoms with Crippen molar-refractivity contribution in [3.8, 4) is 0 Å². The quantitative estimate of drug-likeness (QED) is 0.794. The van der Waals surface area contributed by atoms with Crippen molar-refractivity contribution in [3.05, 3.63) is 24.2 Å². The Labute approximate surface area is 105 Å². The summed E-state index contributed by atoms with van der Waals surface area (Å²) in [6, 6.07) is 2.37. The van der Waals surface area contributed by atoms with Gasteiger partial charge in [-0.05, 0) is 51.8 Å². The minimum atomic E-state index is -0.0808. The van der Waals surface area contributed by atoms with Crippen LogP contribution in [0, 0.1) is 0 Å². The molecule has 1 aromatic rings. The third-order valence-corrected chi connectivity index (χ3v) is 2.46. The van der Waals surface area contributed by atoms with Gasteiger partial charge in [-0.15, -0.1) is 0 Å². The fraction of sp³-hybridized carbons (Fsp3) is 0.714. The minimum Gasteiger partial charge on any atom is -0.472 e. The van der Waals surface area contributed by atoms with Gasteiger partial charge in [0.2, 0.25) is 0 Å². The van der Waals surface area contributed by atoms with E-state index in [2.05, 4.69) is 33.0 Å². The van der Waals surface area contributed by atoms with E-state index in [-0.39, 0.29) is 5.60 Å². The Balaban J connectivity index is 2.42.